The Bertz CT molecular complexity index is 380. The van der Waals surface area contributed by atoms with Gasteiger partial charge in [0.1, 0.15) is 0 Å². The Hall–Kier alpha value is -0.570. The molecule has 3 aliphatic carbocycles. The molecule has 4 rings (SSSR count). The Labute approximate surface area is 116 Å². The van der Waals surface area contributed by atoms with Crippen LogP contribution in [-0.2, 0) is 4.79 Å². The van der Waals surface area contributed by atoms with Gasteiger partial charge in [-0.3, -0.25) is 4.79 Å². The topological polar surface area (TPSA) is 32.3 Å². The summed E-state index contributed by atoms with van der Waals surface area (Å²) in [6, 6.07) is 1.11. The standard InChI is InChI=1S/C16H26N2O/c1-11(12-2-3-12)18(13-4-5-13)15(19)14-10-16(14)6-8-17-9-7-16/h11-14,17H,2-10H2,1H3. The number of amides is 1. The van der Waals surface area contributed by atoms with Crippen LogP contribution in [0.25, 0.3) is 0 Å². The van der Waals surface area contributed by atoms with Gasteiger partial charge in [-0.05, 0) is 76.3 Å². The van der Waals surface area contributed by atoms with Crippen molar-refractivity contribution in [3.8, 4) is 0 Å². The number of carbonyl (C=O) groups excluding carboxylic acids is 1. The van der Waals surface area contributed by atoms with Gasteiger partial charge in [0.25, 0.3) is 0 Å². The van der Waals surface area contributed by atoms with Crippen molar-refractivity contribution in [2.24, 2.45) is 17.3 Å². The van der Waals surface area contributed by atoms with Crippen LogP contribution in [0.3, 0.4) is 0 Å². The fourth-order valence-electron chi connectivity index (χ4n) is 4.23. The summed E-state index contributed by atoms with van der Waals surface area (Å²) in [6.07, 6.45) is 8.82. The van der Waals surface area contributed by atoms with Crippen LogP contribution < -0.4 is 5.32 Å². The average Bonchev–Trinajstić information content (AvgIpc) is 3.21. The summed E-state index contributed by atoms with van der Waals surface area (Å²) in [7, 11) is 0. The average molecular weight is 262 g/mol. The van der Waals surface area contributed by atoms with Crippen LogP contribution in [0, 0.1) is 17.3 Å². The van der Waals surface area contributed by atoms with Crippen molar-refractivity contribution < 1.29 is 4.79 Å². The number of hydrogen-bond acceptors (Lipinski definition) is 2. The summed E-state index contributed by atoms with van der Waals surface area (Å²) in [5, 5.41) is 3.43. The summed E-state index contributed by atoms with van der Waals surface area (Å²) in [6.45, 7) is 4.53. The van der Waals surface area contributed by atoms with E-state index < -0.39 is 0 Å². The first-order valence-corrected chi connectivity index (χ1v) is 8.24. The third-order valence-corrected chi connectivity index (χ3v) is 6.02. The Kier molecular flexibility index (Phi) is 2.70. The van der Waals surface area contributed by atoms with E-state index in [2.05, 4.69) is 17.1 Å². The normalized spacial score (nSPS) is 34.1. The minimum Gasteiger partial charge on any atom is -0.336 e. The molecule has 1 heterocycles. The summed E-state index contributed by atoms with van der Waals surface area (Å²) < 4.78 is 0. The third-order valence-electron chi connectivity index (χ3n) is 6.02. The molecule has 1 aliphatic heterocycles. The van der Waals surface area contributed by atoms with Crippen LogP contribution in [-0.4, -0.2) is 36.0 Å². The van der Waals surface area contributed by atoms with Crippen LogP contribution in [0.2, 0.25) is 0 Å². The molecule has 2 unspecified atom stereocenters. The van der Waals surface area contributed by atoms with E-state index in [1.165, 1.54) is 44.9 Å². The Morgan fingerprint density at radius 1 is 1.21 bits per heavy atom. The van der Waals surface area contributed by atoms with E-state index in [0.717, 1.165) is 19.0 Å². The van der Waals surface area contributed by atoms with Crippen LogP contribution >= 0.6 is 0 Å². The van der Waals surface area contributed by atoms with Crippen molar-refractivity contribution in [2.45, 2.75) is 64.0 Å². The molecule has 0 radical (unpaired) electrons. The summed E-state index contributed by atoms with van der Waals surface area (Å²) in [5.41, 5.74) is 0.402. The highest BCUT2D eigenvalue weighted by molar-refractivity contribution is 5.83. The molecular formula is C16H26N2O. The van der Waals surface area contributed by atoms with E-state index in [-0.39, 0.29) is 0 Å². The first kappa shape index (κ1) is 12.2. The molecule has 1 spiro atoms. The smallest absolute Gasteiger partial charge is 0.226 e. The second-order valence-electron chi connectivity index (χ2n) is 7.42. The number of nitrogens with one attached hydrogen (secondary N) is 1. The largest absolute Gasteiger partial charge is 0.336 e. The fourth-order valence-corrected chi connectivity index (χ4v) is 4.23. The number of hydrogen-bond donors (Lipinski definition) is 1. The summed E-state index contributed by atoms with van der Waals surface area (Å²) in [4.78, 5) is 15.3. The first-order chi connectivity index (χ1) is 9.21. The fraction of sp³-hybridized carbons (Fsp3) is 0.938. The zero-order valence-corrected chi connectivity index (χ0v) is 12.0. The molecule has 3 heteroatoms. The molecule has 0 aromatic rings. The van der Waals surface area contributed by atoms with Crippen molar-refractivity contribution in [3.63, 3.8) is 0 Å². The molecule has 4 fully saturated rings. The molecule has 3 nitrogen and oxygen atoms in total. The number of carbonyl (C=O) groups is 1. The van der Waals surface area contributed by atoms with Gasteiger partial charge in [0.05, 0.1) is 0 Å². The van der Waals surface area contributed by atoms with Gasteiger partial charge in [0.15, 0.2) is 0 Å². The zero-order valence-electron chi connectivity index (χ0n) is 12.0. The maximum Gasteiger partial charge on any atom is 0.226 e. The van der Waals surface area contributed by atoms with Gasteiger partial charge in [0.2, 0.25) is 5.91 Å². The van der Waals surface area contributed by atoms with Gasteiger partial charge < -0.3 is 10.2 Å². The van der Waals surface area contributed by atoms with Gasteiger partial charge in [0, 0.05) is 18.0 Å². The van der Waals surface area contributed by atoms with Crippen LogP contribution in [0.1, 0.15) is 51.9 Å². The lowest BCUT2D eigenvalue weighted by molar-refractivity contribution is -0.136. The van der Waals surface area contributed by atoms with Crippen molar-refractivity contribution in [2.75, 3.05) is 13.1 Å². The monoisotopic (exact) mass is 262 g/mol. The van der Waals surface area contributed by atoms with E-state index >= 15 is 0 Å². The van der Waals surface area contributed by atoms with E-state index in [9.17, 15) is 4.79 Å². The highest BCUT2D eigenvalue weighted by atomic mass is 16.2. The maximum absolute atomic E-state index is 12.9. The molecule has 19 heavy (non-hydrogen) atoms. The second-order valence-corrected chi connectivity index (χ2v) is 7.42. The Morgan fingerprint density at radius 3 is 2.47 bits per heavy atom. The molecular weight excluding hydrogens is 236 g/mol. The lowest BCUT2D eigenvalue weighted by atomic mass is 9.91. The van der Waals surface area contributed by atoms with Crippen LogP contribution in [0.4, 0.5) is 0 Å². The van der Waals surface area contributed by atoms with E-state index in [4.69, 9.17) is 0 Å². The molecule has 2 atom stereocenters. The third kappa shape index (κ3) is 2.10. The van der Waals surface area contributed by atoms with Crippen molar-refractivity contribution >= 4 is 5.91 Å². The van der Waals surface area contributed by atoms with Crippen molar-refractivity contribution in [1.29, 1.82) is 0 Å². The highest BCUT2D eigenvalue weighted by Gasteiger charge is 2.60. The lowest BCUT2D eigenvalue weighted by Crippen LogP contribution is -2.44. The van der Waals surface area contributed by atoms with E-state index in [1.54, 1.807) is 0 Å². The molecule has 4 aliphatic rings. The highest BCUT2D eigenvalue weighted by Crippen LogP contribution is 2.60. The van der Waals surface area contributed by atoms with Crippen molar-refractivity contribution in [3.05, 3.63) is 0 Å². The minimum absolute atomic E-state index is 0.372. The molecule has 1 N–H and O–H groups in total. The predicted molar refractivity (Wildman–Crippen MR) is 74.7 cm³/mol. The van der Waals surface area contributed by atoms with Gasteiger partial charge >= 0.3 is 0 Å². The van der Waals surface area contributed by atoms with Gasteiger partial charge in [-0.1, -0.05) is 0 Å². The van der Waals surface area contributed by atoms with Crippen LogP contribution in [0.15, 0.2) is 0 Å². The second kappa shape index (κ2) is 4.21. The Morgan fingerprint density at radius 2 is 1.89 bits per heavy atom. The van der Waals surface area contributed by atoms with Crippen LogP contribution in [0.5, 0.6) is 0 Å². The van der Waals surface area contributed by atoms with Gasteiger partial charge in [-0.15, -0.1) is 0 Å². The number of piperidine rings is 1. The zero-order chi connectivity index (χ0) is 13.0. The summed E-state index contributed by atoms with van der Waals surface area (Å²) >= 11 is 0. The van der Waals surface area contributed by atoms with Gasteiger partial charge in [-0.25, -0.2) is 0 Å². The molecule has 0 bridgehead atoms. The maximum atomic E-state index is 12.9. The molecule has 3 saturated carbocycles. The number of rotatable bonds is 4. The Balaban J connectivity index is 1.46. The summed E-state index contributed by atoms with van der Waals surface area (Å²) in [5.74, 6) is 1.70. The molecule has 1 amide bonds. The minimum atomic E-state index is 0.372. The molecule has 0 aromatic heterocycles. The van der Waals surface area contributed by atoms with E-state index in [1.807, 2.05) is 0 Å². The first-order valence-electron chi connectivity index (χ1n) is 8.24. The SMILES string of the molecule is CC(C1CC1)N(C(=O)C1CC12CCNCC2)C1CC1. The molecule has 106 valence electrons. The molecule has 0 aromatic carbocycles. The van der Waals surface area contributed by atoms with E-state index in [0.29, 0.717) is 29.3 Å². The lowest BCUT2D eigenvalue weighted by Gasteiger charge is -2.31. The van der Waals surface area contributed by atoms with Crippen molar-refractivity contribution in [1.82, 2.24) is 10.2 Å². The predicted octanol–water partition coefficient (Wildman–Crippen LogP) is 2.17. The molecule has 1 saturated heterocycles. The van der Waals surface area contributed by atoms with Gasteiger partial charge in [-0.2, -0.15) is 0 Å². The quantitative estimate of drug-likeness (QED) is 0.842. The number of nitrogens with zero attached hydrogens (tertiary/aromatic N) is 1.